The van der Waals surface area contributed by atoms with Crippen molar-refractivity contribution in [3.05, 3.63) is 0 Å². The molecule has 7 heteroatoms. The number of carbonyl (C=O) groups is 1. The molecule has 7 nitrogen and oxygen atoms in total. The van der Waals surface area contributed by atoms with Gasteiger partial charge in [-0.05, 0) is 13.3 Å². The van der Waals surface area contributed by atoms with E-state index in [2.05, 4.69) is 6.92 Å². The molecule has 1 rings (SSSR count). The monoisotopic (exact) mass is 334 g/mol. The van der Waals surface area contributed by atoms with E-state index in [1.54, 1.807) is 0 Å². The van der Waals surface area contributed by atoms with Crippen molar-refractivity contribution in [2.24, 2.45) is 0 Å². The van der Waals surface area contributed by atoms with Crippen molar-refractivity contribution >= 4 is 5.97 Å². The van der Waals surface area contributed by atoms with Gasteiger partial charge in [0.05, 0.1) is 6.10 Å². The minimum absolute atomic E-state index is 0.321. The van der Waals surface area contributed by atoms with Gasteiger partial charge in [0.25, 0.3) is 0 Å². The number of carboxylic acids is 1. The van der Waals surface area contributed by atoms with Crippen LogP contribution in [0.15, 0.2) is 0 Å². The Morgan fingerprint density at radius 2 is 1.65 bits per heavy atom. The van der Waals surface area contributed by atoms with Crippen LogP contribution in [0.5, 0.6) is 0 Å². The van der Waals surface area contributed by atoms with Crippen LogP contribution >= 0.6 is 0 Å². The number of ether oxygens (including phenoxy) is 2. The summed E-state index contributed by atoms with van der Waals surface area (Å²) in [6.45, 7) is 3.66. The molecule has 0 aliphatic carbocycles. The maximum atomic E-state index is 11.3. The Kier molecular flexibility index (Phi) is 9.01. The first kappa shape index (κ1) is 20.3. The molecule has 23 heavy (non-hydrogen) atoms. The third-order valence-electron chi connectivity index (χ3n) is 4.20. The predicted molar refractivity (Wildman–Crippen MR) is 82.9 cm³/mol. The van der Waals surface area contributed by atoms with Gasteiger partial charge in [-0.2, -0.15) is 0 Å². The topological polar surface area (TPSA) is 116 Å². The SMILES string of the molecule is CCCCCCCCC(O[C@@H]1O[C@@H](C)[C@H](O)[C@@H](O)[C@H]1O)C(=O)O. The van der Waals surface area contributed by atoms with Crippen LogP contribution < -0.4 is 0 Å². The van der Waals surface area contributed by atoms with E-state index in [1.807, 2.05) is 0 Å². The Bertz CT molecular complexity index is 349. The van der Waals surface area contributed by atoms with Gasteiger partial charge in [-0.3, -0.25) is 0 Å². The second-order valence-corrected chi connectivity index (χ2v) is 6.20. The number of aliphatic carboxylic acids is 1. The van der Waals surface area contributed by atoms with E-state index in [-0.39, 0.29) is 0 Å². The van der Waals surface area contributed by atoms with Crippen LogP contribution in [0.2, 0.25) is 0 Å². The summed E-state index contributed by atoms with van der Waals surface area (Å²) < 4.78 is 10.6. The highest BCUT2D eigenvalue weighted by atomic mass is 16.7. The van der Waals surface area contributed by atoms with Crippen molar-refractivity contribution in [2.45, 2.75) is 95.6 Å². The highest BCUT2D eigenvalue weighted by Gasteiger charge is 2.43. The molecule has 1 saturated heterocycles. The Hall–Kier alpha value is -0.730. The fourth-order valence-electron chi connectivity index (χ4n) is 2.65. The lowest BCUT2D eigenvalue weighted by Crippen LogP contribution is -2.58. The van der Waals surface area contributed by atoms with Crippen LogP contribution in [-0.2, 0) is 14.3 Å². The van der Waals surface area contributed by atoms with E-state index >= 15 is 0 Å². The summed E-state index contributed by atoms with van der Waals surface area (Å²) >= 11 is 0. The first-order chi connectivity index (χ1) is 10.9. The van der Waals surface area contributed by atoms with E-state index in [0.29, 0.717) is 12.8 Å². The molecule has 1 aliphatic heterocycles. The van der Waals surface area contributed by atoms with Crippen molar-refractivity contribution in [2.75, 3.05) is 0 Å². The highest BCUT2D eigenvalue weighted by molar-refractivity contribution is 5.72. The van der Waals surface area contributed by atoms with Gasteiger partial charge in [-0.15, -0.1) is 0 Å². The van der Waals surface area contributed by atoms with Gasteiger partial charge in [0.1, 0.15) is 18.3 Å². The largest absolute Gasteiger partial charge is 0.479 e. The second kappa shape index (κ2) is 10.2. The quantitative estimate of drug-likeness (QED) is 0.441. The van der Waals surface area contributed by atoms with Crippen LogP contribution in [0.1, 0.15) is 58.8 Å². The number of hydrogen-bond acceptors (Lipinski definition) is 6. The summed E-state index contributed by atoms with van der Waals surface area (Å²) in [5, 5.41) is 38.5. The van der Waals surface area contributed by atoms with Crippen molar-refractivity contribution in [1.29, 1.82) is 0 Å². The molecular formula is C16H30O7. The Morgan fingerprint density at radius 3 is 2.26 bits per heavy atom. The summed E-state index contributed by atoms with van der Waals surface area (Å²) in [4.78, 5) is 11.3. The molecule has 0 aromatic heterocycles. The first-order valence-electron chi connectivity index (χ1n) is 8.46. The molecule has 0 bridgehead atoms. The van der Waals surface area contributed by atoms with E-state index < -0.39 is 42.8 Å². The number of rotatable bonds is 10. The van der Waals surface area contributed by atoms with E-state index in [9.17, 15) is 25.2 Å². The molecule has 4 N–H and O–H groups in total. The molecule has 1 aliphatic rings. The molecule has 136 valence electrons. The zero-order valence-electron chi connectivity index (χ0n) is 13.9. The molecular weight excluding hydrogens is 304 g/mol. The molecule has 0 spiro atoms. The predicted octanol–water partition coefficient (Wildman–Crippen LogP) is 1.03. The van der Waals surface area contributed by atoms with E-state index in [1.165, 1.54) is 13.3 Å². The molecule has 0 aromatic carbocycles. The molecule has 6 atom stereocenters. The lowest BCUT2D eigenvalue weighted by atomic mass is 10.00. The standard InChI is InChI=1S/C16H30O7/c1-3-4-5-6-7-8-9-11(15(20)21)23-16-14(19)13(18)12(17)10(2)22-16/h10-14,16-19H,3-9H2,1-2H3,(H,20,21)/t10-,11?,12-,13+,14+,16-/m0/s1. The number of aliphatic hydroxyl groups is 3. The molecule has 0 amide bonds. The number of unbranched alkanes of at least 4 members (excludes halogenated alkanes) is 5. The smallest absolute Gasteiger partial charge is 0.332 e. The summed E-state index contributed by atoms with van der Waals surface area (Å²) in [6, 6.07) is 0. The maximum Gasteiger partial charge on any atom is 0.332 e. The third kappa shape index (κ3) is 6.35. The lowest BCUT2D eigenvalue weighted by Gasteiger charge is -2.39. The minimum atomic E-state index is -1.48. The Morgan fingerprint density at radius 1 is 1.04 bits per heavy atom. The maximum absolute atomic E-state index is 11.3. The summed E-state index contributed by atoms with van der Waals surface area (Å²) in [5.41, 5.74) is 0. The van der Waals surface area contributed by atoms with Crippen LogP contribution in [0.25, 0.3) is 0 Å². The molecule has 0 radical (unpaired) electrons. The fourth-order valence-corrected chi connectivity index (χ4v) is 2.65. The Labute approximate surface area is 137 Å². The molecule has 0 aromatic rings. The number of carboxylic acid groups (broad SMARTS) is 1. The fraction of sp³-hybridized carbons (Fsp3) is 0.938. The average Bonchev–Trinajstić information content (AvgIpc) is 2.52. The molecule has 1 fully saturated rings. The number of hydrogen-bond donors (Lipinski definition) is 4. The molecule has 1 heterocycles. The van der Waals surface area contributed by atoms with Crippen molar-refractivity contribution < 1.29 is 34.7 Å². The minimum Gasteiger partial charge on any atom is -0.479 e. The van der Waals surface area contributed by atoms with Gasteiger partial charge in [-0.25, -0.2) is 4.79 Å². The van der Waals surface area contributed by atoms with Gasteiger partial charge in [0.2, 0.25) is 0 Å². The van der Waals surface area contributed by atoms with E-state index in [0.717, 1.165) is 25.7 Å². The van der Waals surface area contributed by atoms with Gasteiger partial charge >= 0.3 is 5.97 Å². The van der Waals surface area contributed by atoms with Gasteiger partial charge in [-0.1, -0.05) is 45.4 Å². The average molecular weight is 334 g/mol. The van der Waals surface area contributed by atoms with Crippen LogP contribution in [0, 0.1) is 0 Å². The molecule has 1 unspecified atom stereocenters. The first-order valence-corrected chi connectivity index (χ1v) is 8.46. The zero-order chi connectivity index (χ0) is 17.4. The highest BCUT2D eigenvalue weighted by Crippen LogP contribution is 2.24. The van der Waals surface area contributed by atoms with Gasteiger partial charge in [0.15, 0.2) is 12.4 Å². The lowest BCUT2D eigenvalue weighted by molar-refractivity contribution is -0.303. The van der Waals surface area contributed by atoms with Gasteiger partial charge < -0.3 is 29.9 Å². The second-order valence-electron chi connectivity index (χ2n) is 6.20. The normalized spacial score (nSPS) is 32.7. The Balaban J connectivity index is 2.44. The van der Waals surface area contributed by atoms with E-state index in [4.69, 9.17) is 9.47 Å². The van der Waals surface area contributed by atoms with Crippen LogP contribution in [0.4, 0.5) is 0 Å². The van der Waals surface area contributed by atoms with Crippen molar-refractivity contribution in [1.82, 2.24) is 0 Å². The third-order valence-corrected chi connectivity index (χ3v) is 4.20. The van der Waals surface area contributed by atoms with Crippen LogP contribution in [-0.4, -0.2) is 63.2 Å². The van der Waals surface area contributed by atoms with Crippen molar-refractivity contribution in [3.63, 3.8) is 0 Å². The summed E-state index contributed by atoms with van der Waals surface area (Å²) in [6.07, 6.45) is -0.743. The van der Waals surface area contributed by atoms with Crippen LogP contribution in [0.3, 0.4) is 0 Å². The summed E-state index contributed by atoms with van der Waals surface area (Å²) in [7, 11) is 0. The van der Waals surface area contributed by atoms with Gasteiger partial charge in [0, 0.05) is 0 Å². The summed E-state index contributed by atoms with van der Waals surface area (Å²) in [5.74, 6) is -1.12. The molecule has 0 saturated carbocycles. The zero-order valence-corrected chi connectivity index (χ0v) is 13.9. The van der Waals surface area contributed by atoms with Crippen molar-refractivity contribution in [3.8, 4) is 0 Å². The number of aliphatic hydroxyl groups excluding tert-OH is 3.